The predicted molar refractivity (Wildman–Crippen MR) is 79.5 cm³/mol. The maximum atomic E-state index is 5.84. The fourth-order valence-corrected chi connectivity index (χ4v) is 2.18. The summed E-state index contributed by atoms with van der Waals surface area (Å²) in [6, 6.07) is 7.40. The van der Waals surface area contributed by atoms with Crippen molar-refractivity contribution in [3.8, 4) is 11.6 Å². The molecule has 0 bridgehead atoms. The second kappa shape index (κ2) is 5.02. The molecule has 0 aliphatic carbocycles. The summed E-state index contributed by atoms with van der Waals surface area (Å²) in [7, 11) is 0. The van der Waals surface area contributed by atoms with Crippen LogP contribution in [-0.2, 0) is 0 Å². The van der Waals surface area contributed by atoms with Gasteiger partial charge in [-0.05, 0) is 25.1 Å². The molecule has 102 valence electrons. The summed E-state index contributed by atoms with van der Waals surface area (Å²) in [5.74, 6) is 1.44. The maximum Gasteiger partial charge on any atom is 0.147 e. The summed E-state index contributed by atoms with van der Waals surface area (Å²) in [4.78, 5) is 8.56. The van der Waals surface area contributed by atoms with E-state index in [4.69, 9.17) is 22.1 Å². The number of nitrogens with zero attached hydrogens (tertiary/aromatic N) is 3. The van der Waals surface area contributed by atoms with Gasteiger partial charge in [0.15, 0.2) is 0 Å². The average Bonchev–Trinajstić information content (AvgIpc) is 2.86. The zero-order chi connectivity index (χ0) is 14.1. The van der Waals surface area contributed by atoms with Gasteiger partial charge in [0, 0.05) is 23.3 Å². The van der Waals surface area contributed by atoms with E-state index in [1.54, 1.807) is 17.1 Å². The third-order valence-corrected chi connectivity index (χ3v) is 3.09. The van der Waals surface area contributed by atoms with Crippen molar-refractivity contribution in [1.82, 2.24) is 14.5 Å². The topological polar surface area (TPSA) is 66.0 Å². The van der Waals surface area contributed by atoms with E-state index in [2.05, 4.69) is 9.97 Å². The van der Waals surface area contributed by atoms with Crippen LogP contribution in [0.25, 0.3) is 16.7 Å². The highest BCUT2D eigenvalue weighted by atomic mass is 35.5. The summed E-state index contributed by atoms with van der Waals surface area (Å²) in [5, 5.41) is 1.31. The number of nitrogen functional groups attached to an aromatic ring is 1. The molecular formula is C14H13ClN4O. The lowest BCUT2D eigenvalue weighted by molar-refractivity contribution is 0.344. The van der Waals surface area contributed by atoms with Crippen LogP contribution in [0.4, 0.5) is 5.69 Å². The Morgan fingerprint density at radius 2 is 2.20 bits per heavy atom. The Labute approximate surface area is 121 Å². The van der Waals surface area contributed by atoms with Gasteiger partial charge in [0.1, 0.15) is 23.0 Å². The molecule has 5 nitrogen and oxygen atoms in total. The summed E-state index contributed by atoms with van der Waals surface area (Å²) < 4.78 is 7.43. The highest BCUT2D eigenvalue weighted by Gasteiger charge is 2.09. The summed E-state index contributed by atoms with van der Waals surface area (Å²) in [6.45, 7) is 2.50. The van der Waals surface area contributed by atoms with Crippen LogP contribution in [0.15, 0.2) is 36.8 Å². The lowest BCUT2D eigenvalue weighted by Gasteiger charge is -2.10. The number of fused-ring (bicyclic) bond motifs is 1. The van der Waals surface area contributed by atoms with E-state index in [1.807, 2.05) is 31.2 Å². The minimum atomic E-state index is 0.419. The van der Waals surface area contributed by atoms with Crippen LogP contribution in [0, 0.1) is 0 Å². The van der Waals surface area contributed by atoms with Crippen LogP contribution in [0.3, 0.4) is 0 Å². The second-order valence-electron chi connectivity index (χ2n) is 4.29. The molecule has 20 heavy (non-hydrogen) atoms. The standard InChI is InChI=1S/C14H13ClN4O/c1-2-20-12-6-14(19-7-13(15)17-8-19)18-11-4-3-9(16)5-10(11)12/h3-8H,2,16H2,1H3. The largest absolute Gasteiger partial charge is 0.493 e. The van der Waals surface area contributed by atoms with Crippen molar-refractivity contribution in [3.63, 3.8) is 0 Å². The lowest BCUT2D eigenvalue weighted by Crippen LogP contribution is -2.00. The third kappa shape index (κ3) is 2.28. The molecule has 0 fully saturated rings. The first-order valence-corrected chi connectivity index (χ1v) is 6.58. The van der Waals surface area contributed by atoms with Gasteiger partial charge in [0.25, 0.3) is 0 Å². The van der Waals surface area contributed by atoms with E-state index in [1.165, 1.54) is 0 Å². The van der Waals surface area contributed by atoms with E-state index in [0.717, 1.165) is 16.7 Å². The third-order valence-electron chi connectivity index (χ3n) is 2.90. The minimum absolute atomic E-state index is 0.419. The van der Waals surface area contributed by atoms with Crippen molar-refractivity contribution >= 4 is 28.2 Å². The van der Waals surface area contributed by atoms with Crippen molar-refractivity contribution in [1.29, 1.82) is 0 Å². The Kier molecular flexibility index (Phi) is 3.20. The zero-order valence-electron chi connectivity index (χ0n) is 10.9. The SMILES string of the molecule is CCOc1cc(-n2cnc(Cl)c2)nc2ccc(N)cc12. The molecule has 1 aromatic carbocycles. The molecule has 3 rings (SSSR count). The summed E-state index contributed by atoms with van der Waals surface area (Å²) >= 11 is 5.84. The first-order valence-electron chi connectivity index (χ1n) is 6.20. The lowest BCUT2D eigenvalue weighted by atomic mass is 10.2. The summed E-state index contributed by atoms with van der Waals surface area (Å²) in [6.07, 6.45) is 3.31. The molecule has 0 aliphatic rings. The highest BCUT2D eigenvalue weighted by Crippen LogP contribution is 2.29. The van der Waals surface area contributed by atoms with Crippen LogP contribution >= 0.6 is 11.6 Å². The maximum absolute atomic E-state index is 5.84. The molecule has 0 amide bonds. The van der Waals surface area contributed by atoms with Crippen LogP contribution in [-0.4, -0.2) is 21.1 Å². The van der Waals surface area contributed by atoms with Crippen LogP contribution < -0.4 is 10.5 Å². The van der Waals surface area contributed by atoms with Gasteiger partial charge in [-0.25, -0.2) is 9.97 Å². The van der Waals surface area contributed by atoms with Gasteiger partial charge >= 0.3 is 0 Å². The first-order chi connectivity index (χ1) is 9.67. The predicted octanol–water partition coefficient (Wildman–Crippen LogP) is 3.05. The monoisotopic (exact) mass is 288 g/mol. The average molecular weight is 289 g/mol. The molecule has 0 radical (unpaired) electrons. The fraction of sp³-hybridized carbons (Fsp3) is 0.143. The van der Waals surface area contributed by atoms with Crippen molar-refractivity contribution in [2.45, 2.75) is 6.92 Å². The Balaban J connectivity index is 2.22. The van der Waals surface area contributed by atoms with Gasteiger partial charge in [-0.2, -0.15) is 0 Å². The van der Waals surface area contributed by atoms with E-state index in [-0.39, 0.29) is 0 Å². The Morgan fingerprint density at radius 3 is 2.90 bits per heavy atom. The Hall–Kier alpha value is -2.27. The molecule has 2 heterocycles. The molecule has 2 aromatic heterocycles. The van der Waals surface area contributed by atoms with E-state index >= 15 is 0 Å². The second-order valence-corrected chi connectivity index (χ2v) is 4.68. The minimum Gasteiger partial charge on any atom is -0.493 e. The number of ether oxygens (including phenoxy) is 1. The van der Waals surface area contributed by atoms with E-state index in [9.17, 15) is 0 Å². The first kappa shape index (κ1) is 12.7. The molecule has 0 unspecified atom stereocenters. The Morgan fingerprint density at radius 1 is 1.35 bits per heavy atom. The van der Waals surface area contributed by atoms with Gasteiger partial charge in [-0.3, -0.25) is 4.57 Å². The number of pyridine rings is 1. The van der Waals surface area contributed by atoms with Crippen molar-refractivity contribution in [2.75, 3.05) is 12.3 Å². The molecule has 0 atom stereocenters. The fourth-order valence-electron chi connectivity index (χ4n) is 2.03. The van der Waals surface area contributed by atoms with Crippen molar-refractivity contribution in [3.05, 3.63) is 41.9 Å². The molecule has 6 heteroatoms. The van der Waals surface area contributed by atoms with Gasteiger partial charge in [0.05, 0.1) is 12.1 Å². The molecule has 0 saturated carbocycles. The van der Waals surface area contributed by atoms with Crippen molar-refractivity contribution < 1.29 is 4.74 Å². The number of hydrogen-bond acceptors (Lipinski definition) is 4. The van der Waals surface area contributed by atoms with Crippen LogP contribution in [0.5, 0.6) is 5.75 Å². The number of benzene rings is 1. The molecule has 0 saturated heterocycles. The van der Waals surface area contributed by atoms with E-state index < -0.39 is 0 Å². The van der Waals surface area contributed by atoms with Gasteiger partial charge in [-0.15, -0.1) is 0 Å². The molecule has 0 aliphatic heterocycles. The molecule has 0 spiro atoms. The number of imidazole rings is 1. The summed E-state index contributed by atoms with van der Waals surface area (Å²) in [5.41, 5.74) is 7.31. The van der Waals surface area contributed by atoms with Crippen LogP contribution in [0.2, 0.25) is 5.15 Å². The molecule has 3 aromatic rings. The number of aromatic nitrogens is 3. The number of halogens is 1. The highest BCUT2D eigenvalue weighted by molar-refractivity contribution is 6.29. The molecular weight excluding hydrogens is 276 g/mol. The quantitative estimate of drug-likeness (QED) is 0.752. The van der Waals surface area contributed by atoms with Crippen LogP contribution in [0.1, 0.15) is 6.92 Å². The Bertz CT molecular complexity index is 769. The van der Waals surface area contributed by atoms with Gasteiger partial charge in [0.2, 0.25) is 0 Å². The normalized spacial score (nSPS) is 10.9. The number of nitrogens with two attached hydrogens (primary N) is 1. The zero-order valence-corrected chi connectivity index (χ0v) is 11.6. The number of anilines is 1. The van der Waals surface area contributed by atoms with Gasteiger partial charge in [-0.1, -0.05) is 11.6 Å². The molecule has 2 N–H and O–H groups in total. The van der Waals surface area contributed by atoms with E-state index in [0.29, 0.717) is 23.3 Å². The number of rotatable bonds is 3. The smallest absolute Gasteiger partial charge is 0.147 e. The van der Waals surface area contributed by atoms with Gasteiger partial charge < -0.3 is 10.5 Å². The van der Waals surface area contributed by atoms with Crippen molar-refractivity contribution in [2.24, 2.45) is 0 Å². The number of hydrogen-bond donors (Lipinski definition) is 1.